The van der Waals surface area contributed by atoms with Crippen molar-refractivity contribution in [3.63, 3.8) is 0 Å². The number of carbonyl (C=O) groups is 1. The topological polar surface area (TPSA) is 61.4 Å². The standard InChI is InChI=1S/C18H23N5O/c1-15(17(24)21-14-16-6-3-2-4-7-16)22-10-12-23(13-11-22)18-19-8-5-9-20-18/h2-9,15H,10-14H2,1H3,(H,21,24). The maximum Gasteiger partial charge on any atom is 0.237 e. The zero-order valence-corrected chi connectivity index (χ0v) is 13.9. The first kappa shape index (κ1) is 16.4. The van der Waals surface area contributed by atoms with Crippen LogP contribution < -0.4 is 10.2 Å². The van der Waals surface area contributed by atoms with Crippen LogP contribution in [0.25, 0.3) is 0 Å². The molecular formula is C18H23N5O. The lowest BCUT2D eigenvalue weighted by molar-refractivity contribution is -0.126. The maximum absolute atomic E-state index is 12.4. The molecule has 2 aromatic rings. The monoisotopic (exact) mass is 325 g/mol. The Kier molecular flexibility index (Phi) is 5.38. The number of nitrogens with one attached hydrogen (secondary N) is 1. The third-order valence-corrected chi connectivity index (χ3v) is 4.39. The van der Waals surface area contributed by atoms with Crippen LogP contribution in [-0.2, 0) is 11.3 Å². The van der Waals surface area contributed by atoms with Crippen molar-refractivity contribution in [1.29, 1.82) is 0 Å². The van der Waals surface area contributed by atoms with E-state index in [1.54, 1.807) is 12.4 Å². The van der Waals surface area contributed by atoms with E-state index in [2.05, 4.69) is 25.1 Å². The number of rotatable bonds is 5. The summed E-state index contributed by atoms with van der Waals surface area (Å²) in [4.78, 5) is 25.3. The molecule has 0 spiro atoms. The molecule has 1 unspecified atom stereocenters. The molecular weight excluding hydrogens is 302 g/mol. The first-order chi connectivity index (χ1) is 11.7. The Morgan fingerprint density at radius 1 is 1.08 bits per heavy atom. The molecule has 24 heavy (non-hydrogen) atoms. The van der Waals surface area contributed by atoms with Crippen LogP contribution in [0.5, 0.6) is 0 Å². The molecule has 6 nitrogen and oxygen atoms in total. The van der Waals surface area contributed by atoms with Crippen molar-refractivity contribution >= 4 is 11.9 Å². The van der Waals surface area contributed by atoms with Crippen LogP contribution in [-0.4, -0.2) is 53.0 Å². The number of amides is 1. The third-order valence-electron chi connectivity index (χ3n) is 4.39. The summed E-state index contributed by atoms with van der Waals surface area (Å²) in [6.45, 7) is 5.87. The zero-order valence-electron chi connectivity index (χ0n) is 13.9. The summed E-state index contributed by atoms with van der Waals surface area (Å²) < 4.78 is 0. The van der Waals surface area contributed by atoms with Gasteiger partial charge in [0.2, 0.25) is 11.9 Å². The van der Waals surface area contributed by atoms with Gasteiger partial charge in [0.05, 0.1) is 6.04 Å². The summed E-state index contributed by atoms with van der Waals surface area (Å²) in [5, 5.41) is 3.02. The van der Waals surface area contributed by atoms with Crippen molar-refractivity contribution in [2.24, 2.45) is 0 Å². The smallest absolute Gasteiger partial charge is 0.237 e. The van der Waals surface area contributed by atoms with E-state index in [4.69, 9.17) is 0 Å². The molecule has 0 saturated carbocycles. The van der Waals surface area contributed by atoms with Gasteiger partial charge in [0, 0.05) is 45.1 Å². The SMILES string of the molecule is CC(C(=O)NCc1ccccc1)N1CCN(c2ncccn2)CC1. The van der Waals surface area contributed by atoms with E-state index in [-0.39, 0.29) is 11.9 Å². The van der Waals surface area contributed by atoms with Gasteiger partial charge in [-0.15, -0.1) is 0 Å². The fourth-order valence-electron chi connectivity index (χ4n) is 2.86. The lowest BCUT2D eigenvalue weighted by Gasteiger charge is -2.37. The third kappa shape index (κ3) is 4.08. The van der Waals surface area contributed by atoms with E-state index in [1.807, 2.05) is 43.3 Å². The molecule has 1 aliphatic rings. The summed E-state index contributed by atoms with van der Waals surface area (Å²) in [6.07, 6.45) is 3.52. The average molecular weight is 325 g/mol. The van der Waals surface area contributed by atoms with Crippen molar-refractivity contribution in [2.75, 3.05) is 31.1 Å². The maximum atomic E-state index is 12.4. The predicted molar refractivity (Wildman–Crippen MR) is 93.6 cm³/mol. The number of carbonyl (C=O) groups excluding carboxylic acids is 1. The molecule has 126 valence electrons. The van der Waals surface area contributed by atoms with E-state index in [0.29, 0.717) is 6.54 Å². The number of aromatic nitrogens is 2. The molecule has 1 aliphatic heterocycles. The Labute approximate surface area is 142 Å². The molecule has 1 N–H and O–H groups in total. The van der Waals surface area contributed by atoms with E-state index in [1.165, 1.54) is 0 Å². The van der Waals surface area contributed by atoms with Crippen LogP contribution in [0.15, 0.2) is 48.8 Å². The van der Waals surface area contributed by atoms with E-state index >= 15 is 0 Å². The first-order valence-electron chi connectivity index (χ1n) is 8.31. The highest BCUT2D eigenvalue weighted by Gasteiger charge is 2.26. The molecule has 1 aromatic heterocycles. The normalized spacial score (nSPS) is 16.6. The molecule has 1 amide bonds. The summed E-state index contributed by atoms with van der Waals surface area (Å²) in [5.74, 6) is 0.835. The van der Waals surface area contributed by atoms with Crippen molar-refractivity contribution in [3.8, 4) is 0 Å². The Morgan fingerprint density at radius 3 is 2.42 bits per heavy atom. The zero-order chi connectivity index (χ0) is 16.8. The molecule has 6 heteroatoms. The Bertz CT molecular complexity index is 641. The van der Waals surface area contributed by atoms with Crippen molar-refractivity contribution in [2.45, 2.75) is 19.5 Å². The van der Waals surface area contributed by atoms with Gasteiger partial charge in [-0.05, 0) is 18.6 Å². The Morgan fingerprint density at radius 2 is 1.75 bits per heavy atom. The van der Waals surface area contributed by atoms with Gasteiger partial charge in [-0.1, -0.05) is 30.3 Å². The molecule has 1 saturated heterocycles. The highest BCUT2D eigenvalue weighted by Crippen LogP contribution is 2.12. The second kappa shape index (κ2) is 7.88. The molecule has 0 radical (unpaired) electrons. The summed E-state index contributed by atoms with van der Waals surface area (Å²) >= 11 is 0. The lowest BCUT2D eigenvalue weighted by Crippen LogP contribution is -2.54. The molecule has 1 atom stereocenters. The van der Waals surface area contributed by atoms with Crippen LogP contribution in [0.4, 0.5) is 5.95 Å². The fraction of sp³-hybridized carbons (Fsp3) is 0.389. The number of nitrogens with zero attached hydrogens (tertiary/aromatic N) is 4. The minimum Gasteiger partial charge on any atom is -0.351 e. The van der Waals surface area contributed by atoms with Gasteiger partial charge in [-0.2, -0.15) is 0 Å². The van der Waals surface area contributed by atoms with Gasteiger partial charge >= 0.3 is 0 Å². The number of piperazine rings is 1. The predicted octanol–water partition coefficient (Wildman–Crippen LogP) is 1.30. The van der Waals surface area contributed by atoms with Crippen molar-refractivity contribution in [1.82, 2.24) is 20.2 Å². The number of hydrogen-bond acceptors (Lipinski definition) is 5. The summed E-state index contributed by atoms with van der Waals surface area (Å²) in [6, 6.07) is 11.7. The number of benzene rings is 1. The van der Waals surface area contributed by atoms with Gasteiger partial charge in [0.25, 0.3) is 0 Å². The van der Waals surface area contributed by atoms with Crippen LogP contribution in [0.3, 0.4) is 0 Å². The van der Waals surface area contributed by atoms with Crippen LogP contribution >= 0.6 is 0 Å². The average Bonchev–Trinajstić information content (AvgIpc) is 2.67. The minimum atomic E-state index is -0.132. The Balaban J connectivity index is 1.47. The Hall–Kier alpha value is -2.47. The summed E-state index contributed by atoms with van der Waals surface area (Å²) in [5.41, 5.74) is 1.11. The molecule has 2 heterocycles. The molecule has 1 aromatic carbocycles. The molecule has 0 aliphatic carbocycles. The summed E-state index contributed by atoms with van der Waals surface area (Å²) in [7, 11) is 0. The largest absolute Gasteiger partial charge is 0.351 e. The number of anilines is 1. The van der Waals surface area contributed by atoms with Crippen LogP contribution in [0.2, 0.25) is 0 Å². The fourth-order valence-corrected chi connectivity index (χ4v) is 2.86. The second-order valence-electron chi connectivity index (χ2n) is 5.95. The van der Waals surface area contributed by atoms with Gasteiger partial charge in [-0.25, -0.2) is 9.97 Å². The van der Waals surface area contributed by atoms with E-state index < -0.39 is 0 Å². The van der Waals surface area contributed by atoms with E-state index in [0.717, 1.165) is 37.7 Å². The van der Waals surface area contributed by atoms with Gasteiger partial charge in [0.1, 0.15) is 0 Å². The van der Waals surface area contributed by atoms with Crippen LogP contribution in [0.1, 0.15) is 12.5 Å². The quantitative estimate of drug-likeness (QED) is 0.898. The lowest BCUT2D eigenvalue weighted by atomic mass is 10.2. The molecule has 0 bridgehead atoms. The molecule has 1 fully saturated rings. The first-order valence-corrected chi connectivity index (χ1v) is 8.31. The van der Waals surface area contributed by atoms with Gasteiger partial charge in [-0.3, -0.25) is 9.69 Å². The van der Waals surface area contributed by atoms with Gasteiger partial charge < -0.3 is 10.2 Å². The number of hydrogen-bond donors (Lipinski definition) is 1. The van der Waals surface area contributed by atoms with Crippen molar-refractivity contribution < 1.29 is 4.79 Å². The molecule has 3 rings (SSSR count). The minimum absolute atomic E-state index is 0.0725. The van der Waals surface area contributed by atoms with Crippen LogP contribution in [0, 0.1) is 0 Å². The van der Waals surface area contributed by atoms with E-state index in [9.17, 15) is 4.79 Å². The van der Waals surface area contributed by atoms with Crippen molar-refractivity contribution in [3.05, 3.63) is 54.4 Å². The van der Waals surface area contributed by atoms with Gasteiger partial charge in [0.15, 0.2) is 0 Å². The second-order valence-corrected chi connectivity index (χ2v) is 5.95. The highest BCUT2D eigenvalue weighted by molar-refractivity contribution is 5.81. The highest BCUT2D eigenvalue weighted by atomic mass is 16.2.